The Bertz CT molecular complexity index is 891. The molecule has 1 atom stereocenters. The lowest BCUT2D eigenvalue weighted by atomic mass is 10.1. The summed E-state index contributed by atoms with van der Waals surface area (Å²) >= 11 is 1.14. The summed E-state index contributed by atoms with van der Waals surface area (Å²) in [6, 6.07) is 9.10. The van der Waals surface area contributed by atoms with Crippen LogP contribution in [0.5, 0.6) is 0 Å². The number of anilines is 1. The summed E-state index contributed by atoms with van der Waals surface area (Å²) < 4.78 is 26.9. The molecule has 2 heterocycles. The first kappa shape index (κ1) is 17.8. The van der Waals surface area contributed by atoms with Crippen LogP contribution in [0.15, 0.2) is 46.0 Å². The third-order valence-corrected chi connectivity index (χ3v) is 7.38. The molecule has 0 aliphatic carbocycles. The molecule has 0 spiro atoms. The number of hydrogen-bond donors (Lipinski definition) is 1. The van der Waals surface area contributed by atoms with E-state index in [2.05, 4.69) is 5.32 Å². The van der Waals surface area contributed by atoms with E-state index in [1.165, 1.54) is 11.2 Å². The van der Waals surface area contributed by atoms with Gasteiger partial charge in [-0.05, 0) is 43.3 Å². The highest BCUT2D eigenvalue weighted by Gasteiger charge is 2.39. The molecular formula is C17H18N2O4S2. The average Bonchev–Trinajstić information content (AvgIpc) is 3.27. The van der Waals surface area contributed by atoms with Crippen LogP contribution in [-0.4, -0.2) is 37.0 Å². The first-order valence-corrected chi connectivity index (χ1v) is 10.2. The van der Waals surface area contributed by atoms with Gasteiger partial charge in [-0.2, -0.15) is 4.31 Å². The van der Waals surface area contributed by atoms with Crippen LogP contribution in [0, 0.1) is 0 Å². The second-order valence-electron chi connectivity index (χ2n) is 5.83. The van der Waals surface area contributed by atoms with Gasteiger partial charge in [0.05, 0.1) is 0 Å². The van der Waals surface area contributed by atoms with E-state index in [0.717, 1.165) is 11.3 Å². The monoisotopic (exact) mass is 378 g/mol. The molecule has 1 fully saturated rings. The smallest absolute Gasteiger partial charge is 0.253 e. The quantitative estimate of drug-likeness (QED) is 0.811. The summed E-state index contributed by atoms with van der Waals surface area (Å²) in [6.07, 6.45) is 1.11. The van der Waals surface area contributed by atoms with Gasteiger partial charge in [0.1, 0.15) is 10.3 Å². The van der Waals surface area contributed by atoms with Gasteiger partial charge in [0.25, 0.3) is 10.0 Å². The summed E-state index contributed by atoms with van der Waals surface area (Å²) in [4.78, 5) is 24.1. The van der Waals surface area contributed by atoms with Crippen molar-refractivity contribution in [3.8, 4) is 0 Å². The minimum Gasteiger partial charge on any atom is -0.325 e. The van der Waals surface area contributed by atoms with Crippen LogP contribution in [0.3, 0.4) is 0 Å². The van der Waals surface area contributed by atoms with Crippen LogP contribution in [0.25, 0.3) is 0 Å². The first-order chi connectivity index (χ1) is 11.9. The number of carbonyl (C=O) groups is 2. The average molecular weight is 378 g/mol. The van der Waals surface area contributed by atoms with Gasteiger partial charge in [-0.1, -0.05) is 18.2 Å². The minimum absolute atomic E-state index is 0.0983. The number of hydrogen-bond acceptors (Lipinski definition) is 5. The van der Waals surface area contributed by atoms with Crippen molar-refractivity contribution in [1.82, 2.24) is 4.31 Å². The fourth-order valence-electron chi connectivity index (χ4n) is 2.86. The van der Waals surface area contributed by atoms with Crippen LogP contribution in [-0.2, 0) is 14.8 Å². The van der Waals surface area contributed by atoms with Gasteiger partial charge in [-0.15, -0.1) is 11.3 Å². The Labute approximate surface area is 150 Å². The molecule has 6 nitrogen and oxygen atoms in total. The number of sulfonamides is 1. The lowest BCUT2D eigenvalue weighted by Crippen LogP contribution is -2.42. The molecule has 1 aromatic heterocycles. The molecule has 1 aliphatic heterocycles. The summed E-state index contributed by atoms with van der Waals surface area (Å²) in [5, 5.41) is 4.43. The Morgan fingerprint density at radius 1 is 1.24 bits per heavy atom. The highest BCUT2D eigenvalue weighted by atomic mass is 32.2. The molecule has 1 saturated heterocycles. The third-order valence-electron chi connectivity index (χ3n) is 4.10. The molecule has 1 aliphatic rings. The van der Waals surface area contributed by atoms with E-state index >= 15 is 0 Å². The molecule has 132 valence electrons. The second kappa shape index (κ2) is 7.07. The van der Waals surface area contributed by atoms with E-state index in [1.807, 2.05) is 0 Å². The molecular weight excluding hydrogens is 360 g/mol. The lowest BCUT2D eigenvalue weighted by Gasteiger charge is -2.22. The van der Waals surface area contributed by atoms with E-state index in [0.29, 0.717) is 30.6 Å². The number of ketones is 1. The van der Waals surface area contributed by atoms with Crippen LogP contribution in [0.2, 0.25) is 0 Å². The largest absolute Gasteiger partial charge is 0.325 e. The maximum atomic E-state index is 12.7. The molecule has 25 heavy (non-hydrogen) atoms. The normalized spacial score (nSPS) is 18.2. The summed E-state index contributed by atoms with van der Waals surface area (Å²) in [5.41, 5.74) is 0.977. The molecule has 0 radical (unpaired) electrons. The Kier molecular flexibility index (Phi) is 5.03. The summed E-state index contributed by atoms with van der Waals surface area (Å²) in [5.74, 6) is -0.475. The standard InChI is InChI=1S/C17H18N2O4S2/c1-12(20)13-5-2-6-14(11-13)18-17(21)15-7-3-9-19(15)25(22,23)16-8-4-10-24-16/h2,4-6,8,10-11,15H,3,7,9H2,1H3,(H,18,21)/t15-/m0/s1. The van der Waals surface area contributed by atoms with Crippen LogP contribution in [0.4, 0.5) is 5.69 Å². The van der Waals surface area contributed by atoms with Crippen molar-refractivity contribution in [1.29, 1.82) is 0 Å². The molecule has 8 heteroatoms. The van der Waals surface area contributed by atoms with Crippen molar-refractivity contribution in [2.45, 2.75) is 30.0 Å². The van der Waals surface area contributed by atoms with Gasteiger partial charge in [0, 0.05) is 17.8 Å². The number of nitrogens with zero attached hydrogens (tertiary/aromatic N) is 1. The van der Waals surface area contributed by atoms with Crippen molar-refractivity contribution in [3.05, 3.63) is 47.3 Å². The zero-order chi connectivity index (χ0) is 18.0. The number of nitrogens with one attached hydrogen (secondary N) is 1. The van der Waals surface area contributed by atoms with Crippen molar-refractivity contribution in [2.24, 2.45) is 0 Å². The van der Waals surface area contributed by atoms with Gasteiger partial charge in [0.15, 0.2) is 5.78 Å². The van der Waals surface area contributed by atoms with Gasteiger partial charge in [-0.25, -0.2) is 8.42 Å². The van der Waals surface area contributed by atoms with Crippen molar-refractivity contribution in [3.63, 3.8) is 0 Å². The van der Waals surface area contributed by atoms with Crippen molar-refractivity contribution >= 4 is 38.7 Å². The van der Waals surface area contributed by atoms with Gasteiger partial charge >= 0.3 is 0 Å². The van der Waals surface area contributed by atoms with E-state index in [4.69, 9.17) is 0 Å². The van der Waals surface area contributed by atoms with Crippen molar-refractivity contribution in [2.75, 3.05) is 11.9 Å². The van der Waals surface area contributed by atoms with E-state index < -0.39 is 16.1 Å². The molecule has 1 aromatic carbocycles. The van der Waals surface area contributed by atoms with Crippen LogP contribution >= 0.6 is 11.3 Å². The molecule has 0 saturated carbocycles. The predicted octanol–water partition coefficient (Wildman–Crippen LogP) is 2.74. The summed E-state index contributed by atoms with van der Waals surface area (Å²) in [6.45, 7) is 1.78. The van der Waals surface area contributed by atoms with Crippen LogP contribution in [0.1, 0.15) is 30.1 Å². The third kappa shape index (κ3) is 3.65. The SMILES string of the molecule is CC(=O)c1cccc(NC(=O)[C@@H]2CCCN2S(=O)(=O)c2cccs2)c1. The fourth-order valence-corrected chi connectivity index (χ4v) is 5.63. The number of rotatable bonds is 5. The Balaban J connectivity index is 1.80. The molecule has 2 aromatic rings. The van der Waals surface area contributed by atoms with E-state index in [-0.39, 0.29) is 15.9 Å². The Morgan fingerprint density at radius 2 is 2.04 bits per heavy atom. The topological polar surface area (TPSA) is 83.6 Å². The van der Waals surface area contributed by atoms with E-state index in [9.17, 15) is 18.0 Å². The van der Waals surface area contributed by atoms with Crippen LogP contribution < -0.4 is 5.32 Å². The molecule has 0 bridgehead atoms. The zero-order valence-electron chi connectivity index (χ0n) is 13.6. The highest BCUT2D eigenvalue weighted by molar-refractivity contribution is 7.91. The number of thiophene rings is 1. The minimum atomic E-state index is -3.67. The molecule has 0 unspecified atom stereocenters. The molecule has 3 rings (SSSR count). The number of amides is 1. The maximum Gasteiger partial charge on any atom is 0.253 e. The lowest BCUT2D eigenvalue weighted by molar-refractivity contribution is -0.119. The fraction of sp³-hybridized carbons (Fsp3) is 0.294. The van der Waals surface area contributed by atoms with Crippen molar-refractivity contribution < 1.29 is 18.0 Å². The predicted molar refractivity (Wildman–Crippen MR) is 96.3 cm³/mol. The summed E-state index contributed by atoms with van der Waals surface area (Å²) in [7, 11) is -3.67. The highest BCUT2D eigenvalue weighted by Crippen LogP contribution is 2.29. The zero-order valence-corrected chi connectivity index (χ0v) is 15.3. The Hall–Kier alpha value is -2.03. The first-order valence-electron chi connectivity index (χ1n) is 7.87. The van der Waals surface area contributed by atoms with E-state index in [1.54, 1.807) is 41.8 Å². The second-order valence-corrected chi connectivity index (χ2v) is 8.90. The molecule has 1 N–H and O–H groups in total. The number of carbonyl (C=O) groups excluding carboxylic acids is 2. The van der Waals surface area contributed by atoms with Gasteiger partial charge in [0.2, 0.25) is 5.91 Å². The van der Waals surface area contributed by atoms with Gasteiger partial charge in [-0.3, -0.25) is 9.59 Å². The molecule has 1 amide bonds. The Morgan fingerprint density at radius 3 is 2.72 bits per heavy atom. The maximum absolute atomic E-state index is 12.7. The van der Waals surface area contributed by atoms with Gasteiger partial charge < -0.3 is 5.32 Å². The number of Topliss-reactive ketones (excluding diaryl/α,β-unsaturated/α-hetero) is 1. The number of benzene rings is 1.